The standard InChI is InChI=1S/C15H18N2O/c1-10-4-3-5-14(16-10)17(2)15(18)13-9-11-6-7-12(13)8-11/h3-7,11-13H,8-9H2,1-2H3. The fourth-order valence-electron chi connectivity index (χ4n) is 3.14. The summed E-state index contributed by atoms with van der Waals surface area (Å²) in [7, 11) is 1.83. The minimum Gasteiger partial charge on any atom is -0.300 e. The summed E-state index contributed by atoms with van der Waals surface area (Å²) in [4.78, 5) is 18.6. The summed E-state index contributed by atoms with van der Waals surface area (Å²) in [6, 6.07) is 5.79. The lowest BCUT2D eigenvalue weighted by Crippen LogP contribution is -2.35. The van der Waals surface area contributed by atoms with E-state index < -0.39 is 0 Å². The van der Waals surface area contributed by atoms with Crippen LogP contribution < -0.4 is 4.90 Å². The molecule has 0 radical (unpaired) electrons. The molecule has 2 bridgehead atoms. The Hall–Kier alpha value is -1.64. The second-order valence-corrected chi connectivity index (χ2v) is 5.42. The molecule has 3 rings (SSSR count). The van der Waals surface area contributed by atoms with Gasteiger partial charge in [0.05, 0.1) is 0 Å². The van der Waals surface area contributed by atoms with Gasteiger partial charge in [-0.15, -0.1) is 0 Å². The van der Waals surface area contributed by atoms with Crippen LogP contribution in [0.15, 0.2) is 30.4 Å². The Bertz CT molecular complexity index is 509. The maximum absolute atomic E-state index is 12.5. The number of aryl methyl sites for hydroxylation is 1. The van der Waals surface area contributed by atoms with Crippen LogP contribution in [0.1, 0.15) is 18.5 Å². The lowest BCUT2D eigenvalue weighted by Gasteiger charge is -2.24. The van der Waals surface area contributed by atoms with Crippen molar-refractivity contribution < 1.29 is 4.79 Å². The fourth-order valence-corrected chi connectivity index (χ4v) is 3.14. The highest BCUT2D eigenvalue weighted by Crippen LogP contribution is 2.44. The first-order valence-electron chi connectivity index (χ1n) is 6.54. The van der Waals surface area contributed by atoms with E-state index in [2.05, 4.69) is 17.1 Å². The first kappa shape index (κ1) is 11.5. The van der Waals surface area contributed by atoms with Gasteiger partial charge in [-0.05, 0) is 43.7 Å². The molecule has 94 valence electrons. The third kappa shape index (κ3) is 1.84. The van der Waals surface area contributed by atoms with Gasteiger partial charge in [0.25, 0.3) is 0 Å². The molecule has 0 saturated heterocycles. The van der Waals surface area contributed by atoms with Gasteiger partial charge in [-0.1, -0.05) is 18.2 Å². The van der Waals surface area contributed by atoms with Crippen LogP contribution in [-0.4, -0.2) is 17.9 Å². The molecule has 1 aromatic heterocycles. The molecule has 1 saturated carbocycles. The van der Waals surface area contributed by atoms with Crippen molar-refractivity contribution in [3.05, 3.63) is 36.0 Å². The number of rotatable bonds is 2. The quantitative estimate of drug-likeness (QED) is 0.747. The molecule has 3 unspecified atom stereocenters. The van der Waals surface area contributed by atoms with Gasteiger partial charge in [0.2, 0.25) is 5.91 Å². The van der Waals surface area contributed by atoms with E-state index in [0.717, 1.165) is 24.4 Å². The molecule has 1 fully saturated rings. The van der Waals surface area contributed by atoms with Gasteiger partial charge >= 0.3 is 0 Å². The zero-order chi connectivity index (χ0) is 12.7. The molecule has 0 N–H and O–H groups in total. The van der Waals surface area contributed by atoms with E-state index in [9.17, 15) is 4.79 Å². The van der Waals surface area contributed by atoms with Crippen LogP contribution >= 0.6 is 0 Å². The molecule has 2 aliphatic carbocycles. The van der Waals surface area contributed by atoms with Crippen LogP contribution in [0.25, 0.3) is 0 Å². The predicted octanol–water partition coefficient (Wildman–Crippen LogP) is 2.57. The Balaban J connectivity index is 1.78. The van der Waals surface area contributed by atoms with Gasteiger partial charge in [0, 0.05) is 18.7 Å². The highest BCUT2D eigenvalue weighted by Gasteiger charge is 2.41. The summed E-state index contributed by atoms with van der Waals surface area (Å²) in [6.07, 6.45) is 6.65. The minimum absolute atomic E-state index is 0.160. The average molecular weight is 242 g/mol. The van der Waals surface area contributed by atoms with E-state index in [1.54, 1.807) is 4.90 Å². The van der Waals surface area contributed by atoms with Crippen molar-refractivity contribution in [2.75, 3.05) is 11.9 Å². The Labute approximate surface area is 108 Å². The number of nitrogens with zero attached hydrogens (tertiary/aromatic N) is 2. The van der Waals surface area contributed by atoms with Crippen molar-refractivity contribution in [1.29, 1.82) is 0 Å². The molecule has 1 amide bonds. The van der Waals surface area contributed by atoms with Gasteiger partial charge in [-0.25, -0.2) is 4.98 Å². The van der Waals surface area contributed by atoms with Crippen molar-refractivity contribution in [2.45, 2.75) is 19.8 Å². The molecule has 3 atom stereocenters. The summed E-state index contributed by atoms with van der Waals surface area (Å²) in [6.45, 7) is 1.95. The van der Waals surface area contributed by atoms with Gasteiger partial charge in [-0.3, -0.25) is 9.69 Å². The van der Waals surface area contributed by atoms with E-state index in [4.69, 9.17) is 0 Å². The number of amides is 1. The number of pyridine rings is 1. The third-order valence-electron chi connectivity index (χ3n) is 4.14. The highest BCUT2D eigenvalue weighted by molar-refractivity contribution is 5.94. The number of carbonyl (C=O) groups is 1. The zero-order valence-electron chi connectivity index (χ0n) is 10.8. The Kier molecular flexibility index (Phi) is 2.69. The van der Waals surface area contributed by atoms with E-state index in [1.165, 1.54) is 0 Å². The summed E-state index contributed by atoms with van der Waals surface area (Å²) < 4.78 is 0. The lowest BCUT2D eigenvalue weighted by atomic mass is 9.92. The normalized spacial score (nSPS) is 28.7. The van der Waals surface area contributed by atoms with Gasteiger partial charge in [-0.2, -0.15) is 0 Å². The number of carbonyl (C=O) groups excluding carboxylic acids is 1. The fraction of sp³-hybridized carbons (Fsp3) is 0.467. The Morgan fingerprint density at radius 1 is 1.33 bits per heavy atom. The first-order valence-corrected chi connectivity index (χ1v) is 6.54. The number of allylic oxidation sites excluding steroid dienone is 2. The number of anilines is 1. The minimum atomic E-state index is 0.160. The van der Waals surface area contributed by atoms with Crippen LogP contribution in [0.5, 0.6) is 0 Å². The number of fused-ring (bicyclic) bond motifs is 2. The topological polar surface area (TPSA) is 33.2 Å². The van der Waals surface area contributed by atoms with Crippen LogP contribution in [0, 0.1) is 24.7 Å². The summed E-state index contributed by atoms with van der Waals surface area (Å²) >= 11 is 0. The number of hydrogen-bond acceptors (Lipinski definition) is 2. The van der Waals surface area contributed by atoms with E-state index >= 15 is 0 Å². The molecule has 3 heteroatoms. The molecule has 0 aliphatic heterocycles. The van der Waals surface area contributed by atoms with Crippen molar-refractivity contribution in [3.63, 3.8) is 0 Å². The Morgan fingerprint density at radius 3 is 2.78 bits per heavy atom. The van der Waals surface area contributed by atoms with Gasteiger partial charge < -0.3 is 0 Å². The monoisotopic (exact) mass is 242 g/mol. The smallest absolute Gasteiger partial charge is 0.231 e. The van der Waals surface area contributed by atoms with Crippen LogP contribution in [0.4, 0.5) is 5.82 Å². The third-order valence-corrected chi connectivity index (χ3v) is 4.14. The van der Waals surface area contributed by atoms with E-state index in [0.29, 0.717) is 11.8 Å². The number of aromatic nitrogens is 1. The Morgan fingerprint density at radius 2 is 2.17 bits per heavy atom. The summed E-state index contributed by atoms with van der Waals surface area (Å²) in [5.41, 5.74) is 0.944. The summed E-state index contributed by atoms with van der Waals surface area (Å²) in [5.74, 6) is 2.21. The largest absolute Gasteiger partial charge is 0.300 e. The van der Waals surface area contributed by atoms with Crippen molar-refractivity contribution in [1.82, 2.24) is 4.98 Å². The maximum atomic E-state index is 12.5. The van der Waals surface area contributed by atoms with Crippen molar-refractivity contribution >= 4 is 11.7 Å². The van der Waals surface area contributed by atoms with Crippen LogP contribution in [0.2, 0.25) is 0 Å². The van der Waals surface area contributed by atoms with E-state index in [-0.39, 0.29) is 11.8 Å². The SMILES string of the molecule is Cc1cccc(N(C)C(=O)C2CC3C=CC2C3)n1. The molecular formula is C15H18N2O. The second kappa shape index (κ2) is 4.23. The van der Waals surface area contributed by atoms with Crippen LogP contribution in [-0.2, 0) is 4.79 Å². The van der Waals surface area contributed by atoms with Crippen LogP contribution in [0.3, 0.4) is 0 Å². The predicted molar refractivity (Wildman–Crippen MR) is 71.2 cm³/mol. The number of hydrogen-bond donors (Lipinski definition) is 0. The molecular weight excluding hydrogens is 224 g/mol. The molecule has 0 aromatic carbocycles. The molecule has 0 spiro atoms. The van der Waals surface area contributed by atoms with Gasteiger partial charge in [0.15, 0.2) is 0 Å². The van der Waals surface area contributed by atoms with Gasteiger partial charge in [0.1, 0.15) is 5.82 Å². The average Bonchev–Trinajstić information content (AvgIpc) is 2.99. The first-order chi connectivity index (χ1) is 8.65. The second-order valence-electron chi connectivity index (χ2n) is 5.42. The molecule has 1 aromatic rings. The molecule has 1 heterocycles. The van der Waals surface area contributed by atoms with Crippen molar-refractivity contribution in [3.8, 4) is 0 Å². The highest BCUT2D eigenvalue weighted by atomic mass is 16.2. The zero-order valence-corrected chi connectivity index (χ0v) is 10.8. The summed E-state index contributed by atoms with van der Waals surface area (Å²) in [5, 5.41) is 0. The van der Waals surface area contributed by atoms with E-state index in [1.807, 2.05) is 32.2 Å². The lowest BCUT2D eigenvalue weighted by molar-refractivity contribution is -0.122. The molecule has 18 heavy (non-hydrogen) atoms. The molecule has 3 nitrogen and oxygen atoms in total. The molecule has 2 aliphatic rings. The van der Waals surface area contributed by atoms with Crippen molar-refractivity contribution in [2.24, 2.45) is 17.8 Å². The maximum Gasteiger partial charge on any atom is 0.231 e.